The third-order valence-electron chi connectivity index (χ3n) is 4.46. The van der Waals surface area contributed by atoms with Crippen molar-refractivity contribution < 1.29 is 14.0 Å². The molecule has 1 unspecified atom stereocenters. The van der Waals surface area contributed by atoms with E-state index in [0.717, 1.165) is 10.0 Å². The van der Waals surface area contributed by atoms with E-state index in [9.17, 15) is 14.0 Å². The molecule has 4 nitrogen and oxygen atoms in total. The Morgan fingerprint density at radius 3 is 2.69 bits per heavy atom. The van der Waals surface area contributed by atoms with Crippen LogP contribution in [0.5, 0.6) is 0 Å². The van der Waals surface area contributed by atoms with Crippen LogP contribution in [0.25, 0.3) is 0 Å². The molecule has 2 aromatic rings. The highest BCUT2D eigenvalue weighted by Gasteiger charge is 2.39. The number of nitrogens with zero attached hydrogens (tertiary/aromatic N) is 2. The lowest BCUT2D eigenvalue weighted by Crippen LogP contribution is -2.37. The van der Waals surface area contributed by atoms with E-state index < -0.39 is 5.92 Å². The summed E-state index contributed by atoms with van der Waals surface area (Å²) in [6.07, 6.45) is 0.441. The van der Waals surface area contributed by atoms with Gasteiger partial charge in [-0.3, -0.25) is 9.59 Å². The summed E-state index contributed by atoms with van der Waals surface area (Å²) in [5.41, 5.74) is 1.47. The van der Waals surface area contributed by atoms with Gasteiger partial charge in [0.15, 0.2) is 0 Å². The second-order valence-corrected chi connectivity index (χ2v) is 7.41. The highest BCUT2D eigenvalue weighted by Crippen LogP contribution is 2.29. The molecule has 0 N–H and O–H groups in total. The van der Waals surface area contributed by atoms with Gasteiger partial charge in [-0.15, -0.1) is 0 Å². The Hall–Kier alpha value is -1.92. The second-order valence-electron chi connectivity index (χ2n) is 6.21. The molecule has 1 aliphatic rings. The Labute approximate surface area is 164 Å². The van der Waals surface area contributed by atoms with Crippen molar-refractivity contribution in [1.29, 1.82) is 0 Å². The van der Waals surface area contributed by atoms with Gasteiger partial charge in [-0.1, -0.05) is 23.7 Å². The number of halogens is 3. The molecule has 1 fully saturated rings. The maximum Gasteiger partial charge on any atom is 0.239 e. The summed E-state index contributed by atoms with van der Waals surface area (Å²) < 4.78 is 13.8. The van der Waals surface area contributed by atoms with Crippen LogP contribution in [0.3, 0.4) is 0 Å². The zero-order valence-electron chi connectivity index (χ0n) is 14.1. The van der Waals surface area contributed by atoms with Crippen LogP contribution in [0.15, 0.2) is 46.9 Å². The standard InChI is InChI=1S/C19H17BrClFN2O2/c1-23(11-12-3-2-4-16(21)17(12)20)18(25)15-9-10-24(19(15)26)14-7-5-13(22)6-8-14/h2-8,15H,9-11H2,1H3. The van der Waals surface area contributed by atoms with Crippen LogP contribution >= 0.6 is 27.5 Å². The van der Waals surface area contributed by atoms with Crippen LogP contribution in [0.4, 0.5) is 10.1 Å². The van der Waals surface area contributed by atoms with Crippen molar-refractivity contribution in [2.75, 3.05) is 18.5 Å². The number of anilines is 1. The van der Waals surface area contributed by atoms with Gasteiger partial charge in [0.25, 0.3) is 0 Å². The van der Waals surface area contributed by atoms with E-state index in [4.69, 9.17) is 11.6 Å². The van der Waals surface area contributed by atoms with E-state index in [1.165, 1.54) is 21.9 Å². The van der Waals surface area contributed by atoms with Gasteiger partial charge >= 0.3 is 0 Å². The number of benzene rings is 2. The van der Waals surface area contributed by atoms with E-state index in [0.29, 0.717) is 30.2 Å². The Kier molecular flexibility index (Phi) is 5.63. The second kappa shape index (κ2) is 7.76. The van der Waals surface area contributed by atoms with Crippen LogP contribution in [0, 0.1) is 11.7 Å². The van der Waals surface area contributed by atoms with E-state index >= 15 is 0 Å². The number of rotatable bonds is 4. The lowest BCUT2D eigenvalue weighted by molar-refractivity contribution is -0.139. The highest BCUT2D eigenvalue weighted by molar-refractivity contribution is 9.10. The number of carbonyl (C=O) groups is 2. The number of hydrogen-bond donors (Lipinski definition) is 0. The molecule has 1 atom stereocenters. The molecular formula is C19H17BrClFN2O2. The topological polar surface area (TPSA) is 40.6 Å². The summed E-state index contributed by atoms with van der Waals surface area (Å²) in [6, 6.07) is 11.2. The van der Waals surface area contributed by atoms with Crippen LogP contribution in [-0.4, -0.2) is 30.3 Å². The SMILES string of the molecule is CN(Cc1cccc(Cl)c1Br)C(=O)C1CCN(c2ccc(F)cc2)C1=O. The summed E-state index contributed by atoms with van der Waals surface area (Å²) in [5, 5.41) is 0.572. The molecule has 0 spiro atoms. The van der Waals surface area contributed by atoms with Gasteiger partial charge in [-0.05, 0) is 58.2 Å². The van der Waals surface area contributed by atoms with Crippen molar-refractivity contribution >= 4 is 45.0 Å². The first-order chi connectivity index (χ1) is 12.4. The quantitative estimate of drug-likeness (QED) is 0.668. The van der Waals surface area contributed by atoms with E-state index in [1.807, 2.05) is 12.1 Å². The maximum atomic E-state index is 13.1. The average Bonchev–Trinajstić information content (AvgIpc) is 3.00. The molecule has 1 heterocycles. The van der Waals surface area contributed by atoms with Gasteiger partial charge in [0.05, 0.1) is 5.02 Å². The van der Waals surface area contributed by atoms with Gasteiger partial charge < -0.3 is 9.80 Å². The van der Waals surface area contributed by atoms with Crippen molar-refractivity contribution in [3.05, 3.63) is 63.3 Å². The predicted octanol–water partition coefficient (Wildman–Crippen LogP) is 4.25. The molecule has 0 bridgehead atoms. The Balaban J connectivity index is 1.70. The van der Waals surface area contributed by atoms with Gasteiger partial charge in [-0.2, -0.15) is 0 Å². The fraction of sp³-hybridized carbons (Fsp3) is 0.263. The van der Waals surface area contributed by atoms with Crippen molar-refractivity contribution in [3.8, 4) is 0 Å². The fourth-order valence-electron chi connectivity index (χ4n) is 3.06. The summed E-state index contributed by atoms with van der Waals surface area (Å²) in [7, 11) is 1.67. The third kappa shape index (κ3) is 3.76. The van der Waals surface area contributed by atoms with Crippen LogP contribution < -0.4 is 4.90 Å². The number of hydrogen-bond acceptors (Lipinski definition) is 2. The lowest BCUT2D eigenvalue weighted by atomic mass is 10.1. The largest absolute Gasteiger partial charge is 0.341 e. The summed E-state index contributed by atoms with van der Waals surface area (Å²) in [4.78, 5) is 28.5. The summed E-state index contributed by atoms with van der Waals surface area (Å²) in [6.45, 7) is 0.788. The number of amides is 2. The third-order valence-corrected chi connectivity index (χ3v) is 5.94. The van der Waals surface area contributed by atoms with E-state index in [2.05, 4.69) is 15.9 Å². The molecule has 1 aliphatic heterocycles. The smallest absolute Gasteiger partial charge is 0.239 e. The van der Waals surface area contributed by atoms with Crippen LogP contribution in [0.1, 0.15) is 12.0 Å². The minimum absolute atomic E-state index is 0.230. The molecular weight excluding hydrogens is 423 g/mol. The first-order valence-electron chi connectivity index (χ1n) is 8.13. The molecule has 0 radical (unpaired) electrons. The van der Waals surface area contributed by atoms with E-state index in [-0.39, 0.29) is 17.6 Å². The van der Waals surface area contributed by atoms with Crippen LogP contribution in [-0.2, 0) is 16.1 Å². The minimum atomic E-state index is -0.719. The van der Waals surface area contributed by atoms with Crippen molar-refractivity contribution in [2.45, 2.75) is 13.0 Å². The van der Waals surface area contributed by atoms with Gasteiger partial charge in [0.2, 0.25) is 11.8 Å². The van der Waals surface area contributed by atoms with Crippen molar-refractivity contribution in [1.82, 2.24) is 4.90 Å². The molecule has 0 aromatic heterocycles. The van der Waals surface area contributed by atoms with Gasteiger partial charge in [-0.25, -0.2) is 4.39 Å². The van der Waals surface area contributed by atoms with Gasteiger partial charge in [0, 0.05) is 30.3 Å². The Morgan fingerprint density at radius 1 is 1.31 bits per heavy atom. The average molecular weight is 440 g/mol. The normalized spacial score (nSPS) is 16.8. The summed E-state index contributed by atoms with van der Waals surface area (Å²) >= 11 is 9.51. The molecule has 0 aliphatic carbocycles. The zero-order chi connectivity index (χ0) is 18.8. The Morgan fingerprint density at radius 2 is 2.00 bits per heavy atom. The summed E-state index contributed by atoms with van der Waals surface area (Å²) in [5.74, 6) is -1.56. The molecule has 3 rings (SSSR count). The molecule has 2 aromatic carbocycles. The highest BCUT2D eigenvalue weighted by atomic mass is 79.9. The van der Waals surface area contributed by atoms with Crippen LogP contribution in [0.2, 0.25) is 5.02 Å². The van der Waals surface area contributed by atoms with E-state index in [1.54, 1.807) is 25.2 Å². The zero-order valence-corrected chi connectivity index (χ0v) is 16.4. The molecule has 1 saturated heterocycles. The molecule has 26 heavy (non-hydrogen) atoms. The number of carbonyl (C=O) groups excluding carboxylic acids is 2. The molecule has 7 heteroatoms. The monoisotopic (exact) mass is 438 g/mol. The van der Waals surface area contributed by atoms with Gasteiger partial charge in [0.1, 0.15) is 11.7 Å². The molecule has 2 amide bonds. The first-order valence-corrected chi connectivity index (χ1v) is 9.30. The minimum Gasteiger partial charge on any atom is -0.341 e. The maximum absolute atomic E-state index is 13.1. The molecule has 136 valence electrons. The Bertz CT molecular complexity index is 844. The van der Waals surface area contributed by atoms with Crippen molar-refractivity contribution in [2.24, 2.45) is 5.92 Å². The van der Waals surface area contributed by atoms with Crippen molar-refractivity contribution in [3.63, 3.8) is 0 Å². The predicted molar refractivity (Wildman–Crippen MR) is 102 cm³/mol. The lowest BCUT2D eigenvalue weighted by Gasteiger charge is -2.22. The molecule has 0 saturated carbocycles. The first kappa shape index (κ1) is 18.9. The fourth-order valence-corrected chi connectivity index (χ4v) is 3.64.